The van der Waals surface area contributed by atoms with Gasteiger partial charge in [-0.05, 0) is 43.1 Å². The molecule has 0 saturated heterocycles. The van der Waals surface area contributed by atoms with Crippen molar-refractivity contribution in [3.8, 4) is 0 Å². The topological polar surface area (TPSA) is 46.2 Å². The van der Waals surface area contributed by atoms with E-state index < -0.39 is 5.60 Å². The van der Waals surface area contributed by atoms with Crippen molar-refractivity contribution in [3.05, 3.63) is 23.8 Å². The van der Waals surface area contributed by atoms with Gasteiger partial charge < -0.3 is 10.8 Å². The van der Waals surface area contributed by atoms with Gasteiger partial charge in [0.05, 0.1) is 6.04 Å². The quantitative estimate of drug-likeness (QED) is 0.807. The predicted octanol–water partition coefficient (Wildman–Crippen LogP) is 3.70. The summed E-state index contributed by atoms with van der Waals surface area (Å²) in [6, 6.07) is -0.182. The van der Waals surface area contributed by atoms with Crippen molar-refractivity contribution >= 4 is 0 Å². The molecule has 2 nitrogen and oxygen atoms in total. The summed E-state index contributed by atoms with van der Waals surface area (Å²) in [6.45, 7) is 0. The number of aliphatic hydroxyl groups is 1. The Hall–Kier alpha value is -0.600. The number of hydrogen-bond donors (Lipinski definition) is 2. The molecule has 0 bridgehead atoms. The Bertz CT molecular complexity index is 388. The zero-order valence-corrected chi connectivity index (χ0v) is 12.6. The summed E-state index contributed by atoms with van der Waals surface area (Å²) >= 11 is 0. The molecule has 3 aliphatic rings. The molecule has 0 aromatic heterocycles. The highest BCUT2D eigenvalue weighted by molar-refractivity contribution is 5.34. The van der Waals surface area contributed by atoms with Crippen LogP contribution in [-0.2, 0) is 0 Å². The van der Waals surface area contributed by atoms with Gasteiger partial charge in [0, 0.05) is 0 Å². The molecular formula is C18H29NO. The first-order valence-corrected chi connectivity index (χ1v) is 8.59. The fourth-order valence-electron chi connectivity index (χ4n) is 4.57. The van der Waals surface area contributed by atoms with Crippen LogP contribution in [0.25, 0.3) is 0 Å². The van der Waals surface area contributed by atoms with Crippen molar-refractivity contribution in [2.75, 3.05) is 0 Å². The summed E-state index contributed by atoms with van der Waals surface area (Å²) in [4.78, 5) is 0. The first-order valence-electron chi connectivity index (χ1n) is 8.59. The molecular weight excluding hydrogens is 246 g/mol. The highest BCUT2D eigenvalue weighted by atomic mass is 16.3. The Balaban J connectivity index is 1.77. The van der Waals surface area contributed by atoms with Crippen molar-refractivity contribution in [2.24, 2.45) is 17.6 Å². The molecule has 3 rings (SSSR count). The molecule has 3 aliphatic carbocycles. The van der Waals surface area contributed by atoms with E-state index in [9.17, 15) is 5.11 Å². The second-order valence-electron chi connectivity index (χ2n) is 7.06. The summed E-state index contributed by atoms with van der Waals surface area (Å²) in [5, 5.41) is 11.2. The van der Waals surface area contributed by atoms with E-state index in [0.29, 0.717) is 11.8 Å². The number of hydrogen-bond acceptors (Lipinski definition) is 2. The smallest absolute Gasteiger partial charge is 0.105 e. The zero-order valence-electron chi connectivity index (χ0n) is 12.6. The molecule has 2 atom stereocenters. The first-order chi connectivity index (χ1) is 9.72. The first kappa shape index (κ1) is 14.3. The minimum Gasteiger partial charge on any atom is -0.384 e. The van der Waals surface area contributed by atoms with Gasteiger partial charge in [-0.2, -0.15) is 0 Å². The summed E-state index contributed by atoms with van der Waals surface area (Å²) in [5.74, 6) is 0.966. The number of allylic oxidation sites excluding steroid dienone is 2. The van der Waals surface area contributed by atoms with Crippen LogP contribution < -0.4 is 5.73 Å². The molecule has 2 unspecified atom stereocenters. The van der Waals surface area contributed by atoms with Gasteiger partial charge in [-0.3, -0.25) is 0 Å². The van der Waals surface area contributed by atoms with Crippen LogP contribution in [0.15, 0.2) is 23.8 Å². The Morgan fingerprint density at radius 2 is 1.55 bits per heavy atom. The predicted molar refractivity (Wildman–Crippen MR) is 83.3 cm³/mol. The van der Waals surface area contributed by atoms with Gasteiger partial charge in [-0.25, -0.2) is 0 Å². The van der Waals surface area contributed by atoms with Crippen LogP contribution >= 0.6 is 0 Å². The van der Waals surface area contributed by atoms with Gasteiger partial charge in [0.2, 0.25) is 0 Å². The lowest BCUT2D eigenvalue weighted by Gasteiger charge is -2.44. The molecule has 2 fully saturated rings. The second kappa shape index (κ2) is 6.03. The third-order valence-corrected chi connectivity index (χ3v) is 5.84. The minimum atomic E-state index is -0.790. The van der Waals surface area contributed by atoms with E-state index in [0.717, 1.165) is 12.8 Å². The molecule has 0 spiro atoms. The lowest BCUT2D eigenvalue weighted by molar-refractivity contribution is -0.00639. The maximum Gasteiger partial charge on any atom is 0.105 e. The maximum absolute atomic E-state index is 11.2. The average Bonchev–Trinajstić information content (AvgIpc) is 2.52. The van der Waals surface area contributed by atoms with Gasteiger partial charge in [-0.15, -0.1) is 0 Å². The summed E-state index contributed by atoms with van der Waals surface area (Å²) < 4.78 is 0. The van der Waals surface area contributed by atoms with Gasteiger partial charge in [0.15, 0.2) is 0 Å². The van der Waals surface area contributed by atoms with Gasteiger partial charge >= 0.3 is 0 Å². The highest BCUT2D eigenvalue weighted by Crippen LogP contribution is 2.42. The van der Waals surface area contributed by atoms with Gasteiger partial charge in [-0.1, -0.05) is 56.8 Å². The lowest BCUT2D eigenvalue weighted by Crippen LogP contribution is -2.55. The molecule has 0 radical (unpaired) electrons. The fraction of sp³-hybridized carbons (Fsp3) is 0.778. The third kappa shape index (κ3) is 2.60. The van der Waals surface area contributed by atoms with E-state index in [1.807, 2.05) is 6.08 Å². The van der Waals surface area contributed by atoms with Crippen LogP contribution in [-0.4, -0.2) is 16.7 Å². The van der Waals surface area contributed by atoms with Crippen LogP contribution in [0, 0.1) is 11.8 Å². The molecule has 3 N–H and O–H groups in total. The SMILES string of the molecule is NC1C(C2CCCCC2)=CC=CC1(O)C1CCCCC1. The van der Waals surface area contributed by atoms with Crippen LogP contribution in [0.1, 0.15) is 64.2 Å². The molecule has 2 heteroatoms. The molecule has 0 amide bonds. The monoisotopic (exact) mass is 275 g/mol. The standard InChI is InChI=1S/C18H29NO/c19-17-16(14-8-3-1-4-9-14)12-7-13-18(17,20)15-10-5-2-6-11-15/h7,12-15,17,20H,1-6,8-11,19H2. The van der Waals surface area contributed by atoms with Crippen LogP contribution in [0.3, 0.4) is 0 Å². The van der Waals surface area contributed by atoms with E-state index in [2.05, 4.69) is 12.2 Å². The summed E-state index contributed by atoms with van der Waals surface area (Å²) in [5.41, 5.74) is 7.08. The summed E-state index contributed by atoms with van der Waals surface area (Å²) in [7, 11) is 0. The van der Waals surface area contributed by atoms with E-state index >= 15 is 0 Å². The normalized spacial score (nSPS) is 36.9. The molecule has 0 aromatic carbocycles. The van der Waals surface area contributed by atoms with Crippen molar-refractivity contribution < 1.29 is 5.11 Å². The highest BCUT2D eigenvalue weighted by Gasteiger charge is 2.44. The Morgan fingerprint density at radius 3 is 2.20 bits per heavy atom. The fourth-order valence-corrected chi connectivity index (χ4v) is 4.57. The lowest BCUT2D eigenvalue weighted by atomic mass is 9.67. The van der Waals surface area contributed by atoms with Crippen molar-refractivity contribution in [3.63, 3.8) is 0 Å². The Labute approximate surface area is 123 Å². The minimum absolute atomic E-state index is 0.182. The molecule has 0 aromatic rings. The van der Waals surface area contributed by atoms with Crippen molar-refractivity contribution in [1.82, 2.24) is 0 Å². The second-order valence-corrected chi connectivity index (χ2v) is 7.06. The van der Waals surface area contributed by atoms with Crippen LogP contribution in [0.2, 0.25) is 0 Å². The zero-order chi connectivity index (χ0) is 14.0. The van der Waals surface area contributed by atoms with E-state index in [1.54, 1.807) is 0 Å². The molecule has 112 valence electrons. The van der Waals surface area contributed by atoms with E-state index in [1.165, 1.54) is 56.9 Å². The average molecular weight is 275 g/mol. The van der Waals surface area contributed by atoms with Crippen molar-refractivity contribution in [1.29, 1.82) is 0 Å². The molecule has 2 saturated carbocycles. The van der Waals surface area contributed by atoms with Crippen LogP contribution in [0.4, 0.5) is 0 Å². The Morgan fingerprint density at radius 1 is 0.950 bits per heavy atom. The third-order valence-electron chi connectivity index (χ3n) is 5.84. The van der Waals surface area contributed by atoms with Crippen LogP contribution in [0.5, 0.6) is 0 Å². The largest absolute Gasteiger partial charge is 0.384 e. The van der Waals surface area contributed by atoms with Gasteiger partial charge in [0.1, 0.15) is 5.60 Å². The molecule has 0 aliphatic heterocycles. The maximum atomic E-state index is 11.2. The van der Waals surface area contributed by atoms with E-state index in [4.69, 9.17) is 5.73 Å². The number of nitrogens with two attached hydrogens (primary N) is 1. The molecule has 0 heterocycles. The molecule has 20 heavy (non-hydrogen) atoms. The number of rotatable bonds is 2. The van der Waals surface area contributed by atoms with Crippen molar-refractivity contribution in [2.45, 2.75) is 75.9 Å². The Kier molecular flexibility index (Phi) is 4.32. The van der Waals surface area contributed by atoms with E-state index in [-0.39, 0.29) is 6.04 Å². The van der Waals surface area contributed by atoms with Gasteiger partial charge in [0.25, 0.3) is 0 Å². The summed E-state index contributed by atoms with van der Waals surface area (Å²) in [6.07, 6.45) is 18.8.